The predicted octanol–water partition coefficient (Wildman–Crippen LogP) is -6.87. The van der Waals surface area contributed by atoms with Gasteiger partial charge in [0.05, 0.1) is 13.2 Å². The van der Waals surface area contributed by atoms with Crippen LogP contribution in [0, 0.1) is 0 Å². The zero-order chi connectivity index (χ0) is 20.3. The van der Waals surface area contributed by atoms with E-state index in [4.69, 9.17) is 56.2 Å². The Morgan fingerprint density at radius 2 is 1.04 bits per heavy atom. The fourth-order valence-electron chi connectivity index (χ4n) is 1.27. The van der Waals surface area contributed by atoms with Crippen molar-refractivity contribution in [2.45, 2.75) is 42.7 Å². The van der Waals surface area contributed by atoms with Crippen molar-refractivity contribution in [2.24, 2.45) is 0 Å². The van der Waals surface area contributed by atoms with E-state index in [2.05, 4.69) is 0 Å². The molecule has 7 atom stereocenters. The zero-order valence-corrected chi connectivity index (χ0v) is 12.9. The molecule has 0 aliphatic carbocycles. The van der Waals surface area contributed by atoms with Gasteiger partial charge < -0.3 is 56.2 Å². The van der Waals surface area contributed by atoms with Crippen molar-refractivity contribution in [1.29, 1.82) is 0 Å². The summed E-state index contributed by atoms with van der Waals surface area (Å²) in [6.45, 7) is -2.53. The van der Waals surface area contributed by atoms with Crippen LogP contribution in [0.2, 0.25) is 0 Å². The molecular weight excluding hydrogens is 352 g/mol. The summed E-state index contributed by atoms with van der Waals surface area (Å²) in [7, 11) is 0. The van der Waals surface area contributed by atoms with Gasteiger partial charge in [0.2, 0.25) is 0 Å². The van der Waals surface area contributed by atoms with Gasteiger partial charge in [-0.25, -0.2) is 4.79 Å². The summed E-state index contributed by atoms with van der Waals surface area (Å²) in [6, 6.07) is 0. The first kappa shape index (κ1) is 26.0. The van der Waals surface area contributed by atoms with E-state index in [9.17, 15) is 9.59 Å². The van der Waals surface area contributed by atoms with Gasteiger partial charge in [0.1, 0.15) is 43.2 Å². The molecule has 0 aliphatic heterocycles. The molecule has 0 amide bonds. The molecule has 0 bridgehead atoms. The van der Waals surface area contributed by atoms with E-state index in [0.29, 0.717) is 0 Å². The monoisotopic (exact) mass is 376 g/mol. The lowest BCUT2D eigenvalue weighted by Crippen LogP contribution is -2.48. The Morgan fingerprint density at radius 3 is 1.36 bits per heavy atom. The molecule has 0 aromatic carbocycles. The molecular formula is C12H24O13. The molecule has 11 N–H and O–H groups in total. The van der Waals surface area contributed by atoms with Crippen molar-refractivity contribution in [3.05, 3.63) is 0 Å². The Hall–Kier alpha value is -1.26. The maximum absolute atomic E-state index is 10.5. The summed E-state index contributed by atoms with van der Waals surface area (Å²) in [4.78, 5) is 20.6. The SMILES string of the molecule is O=C(CO)[C@H](O)[C@@H](O)[C@H](O)CO.O=C(O)[C@H](O)[C@@H](O)[C@H](O)[C@H](O)CO. The van der Waals surface area contributed by atoms with Crippen molar-refractivity contribution in [1.82, 2.24) is 0 Å². The lowest BCUT2D eigenvalue weighted by Gasteiger charge is -2.23. The second kappa shape index (κ2) is 13.0. The number of hydrogen-bond donors (Lipinski definition) is 11. The molecule has 0 heterocycles. The number of rotatable bonds is 10. The summed E-state index contributed by atoms with van der Waals surface area (Å²) >= 11 is 0. The molecule has 25 heavy (non-hydrogen) atoms. The summed E-state index contributed by atoms with van der Waals surface area (Å²) < 4.78 is 0. The van der Waals surface area contributed by atoms with E-state index in [1.54, 1.807) is 0 Å². The fourth-order valence-corrected chi connectivity index (χ4v) is 1.27. The first-order valence-corrected chi connectivity index (χ1v) is 6.80. The molecule has 0 aromatic heterocycles. The number of aliphatic hydroxyl groups excluding tert-OH is 10. The van der Waals surface area contributed by atoms with E-state index in [-0.39, 0.29) is 0 Å². The third-order valence-corrected chi connectivity index (χ3v) is 2.90. The minimum Gasteiger partial charge on any atom is -0.479 e. The van der Waals surface area contributed by atoms with Gasteiger partial charge in [-0.3, -0.25) is 4.79 Å². The van der Waals surface area contributed by atoms with Crippen molar-refractivity contribution in [3.63, 3.8) is 0 Å². The van der Waals surface area contributed by atoms with Crippen LogP contribution in [0.5, 0.6) is 0 Å². The summed E-state index contributed by atoms with van der Waals surface area (Å²) in [5.41, 5.74) is 0. The van der Waals surface area contributed by atoms with Crippen LogP contribution in [0.4, 0.5) is 0 Å². The minimum atomic E-state index is -2.20. The first-order chi connectivity index (χ1) is 11.5. The molecule has 0 spiro atoms. The van der Waals surface area contributed by atoms with E-state index in [1.165, 1.54) is 0 Å². The lowest BCUT2D eigenvalue weighted by atomic mass is 10.0. The third-order valence-electron chi connectivity index (χ3n) is 2.90. The van der Waals surface area contributed by atoms with E-state index in [0.717, 1.165) is 0 Å². The largest absolute Gasteiger partial charge is 0.479 e. The molecule has 13 heteroatoms. The Morgan fingerprint density at radius 1 is 0.640 bits per heavy atom. The number of aliphatic carboxylic acids is 1. The highest BCUT2D eigenvalue weighted by Gasteiger charge is 2.33. The minimum absolute atomic E-state index is 0.767. The van der Waals surface area contributed by atoms with Gasteiger partial charge in [0.25, 0.3) is 0 Å². The van der Waals surface area contributed by atoms with Gasteiger partial charge in [-0.2, -0.15) is 0 Å². The van der Waals surface area contributed by atoms with Gasteiger partial charge in [-0.15, -0.1) is 0 Å². The summed E-state index contributed by atoms with van der Waals surface area (Å²) in [5, 5.41) is 94.9. The smallest absolute Gasteiger partial charge is 0.335 e. The van der Waals surface area contributed by atoms with Gasteiger partial charge in [-0.05, 0) is 0 Å². The number of hydrogen-bond acceptors (Lipinski definition) is 12. The fraction of sp³-hybridized carbons (Fsp3) is 0.833. The third kappa shape index (κ3) is 9.13. The van der Waals surface area contributed by atoms with E-state index < -0.39 is 74.3 Å². The number of carboxylic acids is 1. The van der Waals surface area contributed by atoms with Crippen LogP contribution < -0.4 is 0 Å². The Bertz CT molecular complexity index is 389. The number of carbonyl (C=O) groups excluding carboxylic acids is 1. The van der Waals surface area contributed by atoms with Crippen LogP contribution in [0.3, 0.4) is 0 Å². The topological polar surface area (TPSA) is 257 Å². The standard InChI is InChI=1S/C6H12O7.C6H12O6/c7-1-2(8)3(9)4(10)5(11)6(12)13;7-1-3(9)5(11)6(12)4(10)2-8/h2-5,7-11H,1H2,(H,12,13);3,5-9,11-12H,1-2H2/t2-,3-,4+,5-;3-,5+,6+/m11/s1. The van der Waals surface area contributed by atoms with E-state index in [1.807, 2.05) is 0 Å². The molecule has 150 valence electrons. The number of carboxylic acid groups (broad SMARTS) is 1. The second-order valence-corrected chi connectivity index (χ2v) is 4.82. The quantitative estimate of drug-likeness (QED) is 0.169. The Balaban J connectivity index is 0. The molecule has 0 aromatic rings. The summed E-state index contributed by atoms with van der Waals surface area (Å²) in [5.74, 6) is -2.73. The van der Waals surface area contributed by atoms with Crippen LogP contribution in [0.15, 0.2) is 0 Å². The molecule has 0 fully saturated rings. The average Bonchev–Trinajstić information content (AvgIpc) is 2.62. The lowest BCUT2D eigenvalue weighted by molar-refractivity contribution is -0.164. The number of Topliss-reactive ketones (excluding diaryl/α,β-unsaturated/α-hetero) is 1. The van der Waals surface area contributed by atoms with Gasteiger partial charge >= 0.3 is 5.97 Å². The van der Waals surface area contributed by atoms with Gasteiger partial charge in [0.15, 0.2) is 11.9 Å². The Kier molecular flexibility index (Phi) is 13.5. The van der Waals surface area contributed by atoms with Crippen LogP contribution in [0.25, 0.3) is 0 Å². The summed E-state index contributed by atoms with van der Waals surface area (Å²) in [6.07, 6.45) is -13.1. The maximum atomic E-state index is 10.5. The van der Waals surface area contributed by atoms with Crippen molar-refractivity contribution < 1.29 is 65.8 Å². The molecule has 0 saturated carbocycles. The molecule has 0 rings (SSSR count). The van der Waals surface area contributed by atoms with Crippen molar-refractivity contribution >= 4 is 11.8 Å². The first-order valence-electron chi connectivity index (χ1n) is 6.80. The molecule has 0 unspecified atom stereocenters. The molecule has 13 nitrogen and oxygen atoms in total. The predicted molar refractivity (Wildman–Crippen MR) is 75.9 cm³/mol. The van der Waals surface area contributed by atoms with Crippen LogP contribution in [0.1, 0.15) is 0 Å². The number of ketones is 1. The number of aliphatic hydroxyl groups is 10. The normalized spacial score (nSPS) is 19.4. The highest BCUT2D eigenvalue weighted by atomic mass is 16.4. The van der Waals surface area contributed by atoms with Crippen LogP contribution in [-0.2, 0) is 9.59 Å². The van der Waals surface area contributed by atoms with Crippen LogP contribution >= 0.6 is 0 Å². The average molecular weight is 376 g/mol. The Labute approximate surface area is 141 Å². The zero-order valence-electron chi connectivity index (χ0n) is 12.9. The van der Waals surface area contributed by atoms with Crippen molar-refractivity contribution in [2.75, 3.05) is 19.8 Å². The highest BCUT2D eigenvalue weighted by molar-refractivity contribution is 5.84. The van der Waals surface area contributed by atoms with E-state index >= 15 is 0 Å². The maximum Gasteiger partial charge on any atom is 0.335 e. The van der Waals surface area contributed by atoms with Crippen LogP contribution in [-0.4, -0.2) is 130 Å². The van der Waals surface area contributed by atoms with Gasteiger partial charge in [-0.1, -0.05) is 0 Å². The van der Waals surface area contributed by atoms with Crippen molar-refractivity contribution in [3.8, 4) is 0 Å². The molecule has 0 aliphatic rings. The molecule has 0 saturated heterocycles. The number of carbonyl (C=O) groups is 2. The molecule has 0 radical (unpaired) electrons. The van der Waals surface area contributed by atoms with Gasteiger partial charge in [0, 0.05) is 0 Å². The second-order valence-electron chi connectivity index (χ2n) is 4.82. The highest BCUT2D eigenvalue weighted by Crippen LogP contribution is 2.05.